The third-order valence-corrected chi connectivity index (χ3v) is 3.89. The average Bonchev–Trinajstić information content (AvgIpc) is 2.42. The monoisotopic (exact) mass is 325 g/mol. The van der Waals surface area contributed by atoms with Crippen LogP contribution in [0.3, 0.4) is 0 Å². The Bertz CT molecular complexity index is 332. The summed E-state index contributed by atoms with van der Waals surface area (Å²) in [5, 5.41) is 14.6. The quantitative estimate of drug-likeness (QED) is 0.625. The first kappa shape index (κ1) is 19.0. The summed E-state index contributed by atoms with van der Waals surface area (Å²) in [5.74, 6) is 0.338. The van der Waals surface area contributed by atoms with Crippen LogP contribution in [0.25, 0.3) is 0 Å². The van der Waals surface area contributed by atoms with Crippen molar-refractivity contribution in [3.63, 3.8) is 0 Å². The molecule has 0 unspecified atom stereocenters. The molecule has 1 saturated carbocycles. The van der Waals surface area contributed by atoms with Crippen LogP contribution in [0.2, 0.25) is 0 Å². The van der Waals surface area contributed by atoms with Crippen LogP contribution in [-0.2, 0) is 0 Å². The van der Waals surface area contributed by atoms with Gasteiger partial charge in [0, 0.05) is 19.2 Å². The minimum Gasteiger partial charge on any atom is -0.396 e. The van der Waals surface area contributed by atoms with E-state index < -0.39 is 12.7 Å². The van der Waals surface area contributed by atoms with Crippen LogP contribution in [0.15, 0.2) is 0 Å². The Hall–Kier alpha value is -1.02. The number of amides is 2. The van der Waals surface area contributed by atoms with Gasteiger partial charge >= 0.3 is 12.2 Å². The predicted molar refractivity (Wildman–Crippen MR) is 77.5 cm³/mol. The standard InChI is InChI=1S/C14H26F3N3O2/c1-20(10-14(15,16)17)8-2-7-18-13(22)19-12-5-3-11(9-21)4-6-12/h11-12,21H,2-10H2,1H3,(H2,18,19,22). The van der Waals surface area contributed by atoms with E-state index in [-0.39, 0.29) is 25.2 Å². The van der Waals surface area contributed by atoms with Crippen molar-refractivity contribution in [3.8, 4) is 0 Å². The second-order valence-corrected chi connectivity index (χ2v) is 6.01. The number of halogens is 3. The normalized spacial score (nSPS) is 22.6. The molecule has 8 heteroatoms. The molecule has 0 aromatic carbocycles. The molecule has 0 aromatic rings. The molecule has 0 radical (unpaired) electrons. The molecule has 0 spiro atoms. The third kappa shape index (κ3) is 8.43. The Morgan fingerprint density at radius 1 is 1.27 bits per heavy atom. The number of carbonyl (C=O) groups excluding carboxylic acids is 1. The van der Waals surface area contributed by atoms with E-state index in [1.165, 1.54) is 11.9 Å². The maximum atomic E-state index is 12.1. The van der Waals surface area contributed by atoms with Gasteiger partial charge in [-0.2, -0.15) is 13.2 Å². The van der Waals surface area contributed by atoms with Crippen LogP contribution < -0.4 is 10.6 Å². The average molecular weight is 325 g/mol. The molecular weight excluding hydrogens is 299 g/mol. The lowest BCUT2D eigenvalue weighted by molar-refractivity contribution is -0.143. The van der Waals surface area contributed by atoms with E-state index in [1.807, 2.05) is 0 Å². The Balaban J connectivity index is 2.06. The van der Waals surface area contributed by atoms with Crippen LogP contribution in [0.5, 0.6) is 0 Å². The van der Waals surface area contributed by atoms with Gasteiger partial charge in [0.05, 0.1) is 6.54 Å². The third-order valence-electron chi connectivity index (χ3n) is 3.89. The SMILES string of the molecule is CN(CCCNC(=O)NC1CCC(CO)CC1)CC(F)(F)F. The van der Waals surface area contributed by atoms with Gasteiger partial charge in [0.15, 0.2) is 0 Å². The van der Waals surface area contributed by atoms with E-state index in [4.69, 9.17) is 5.11 Å². The van der Waals surface area contributed by atoms with Crippen LogP contribution >= 0.6 is 0 Å². The molecule has 1 fully saturated rings. The Morgan fingerprint density at radius 3 is 2.45 bits per heavy atom. The number of hydrogen-bond donors (Lipinski definition) is 3. The van der Waals surface area contributed by atoms with Gasteiger partial charge in [-0.25, -0.2) is 4.79 Å². The lowest BCUT2D eigenvalue weighted by atomic mass is 9.87. The number of carbonyl (C=O) groups is 1. The molecule has 3 N–H and O–H groups in total. The van der Waals surface area contributed by atoms with E-state index in [9.17, 15) is 18.0 Å². The number of aliphatic hydroxyl groups is 1. The summed E-state index contributed by atoms with van der Waals surface area (Å²) >= 11 is 0. The van der Waals surface area contributed by atoms with Gasteiger partial charge in [0.2, 0.25) is 0 Å². The molecule has 1 rings (SSSR count). The largest absolute Gasteiger partial charge is 0.401 e. The fraction of sp³-hybridized carbons (Fsp3) is 0.929. The van der Waals surface area contributed by atoms with Crippen molar-refractivity contribution in [1.82, 2.24) is 15.5 Å². The summed E-state index contributed by atoms with van der Waals surface area (Å²) in [6.45, 7) is -0.112. The van der Waals surface area contributed by atoms with Gasteiger partial charge in [-0.05, 0) is 51.6 Å². The van der Waals surface area contributed by atoms with Gasteiger partial charge in [0.25, 0.3) is 0 Å². The first-order valence-corrected chi connectivity index (χ1v) is 7.70. The summed E-state index contributed by atoms with van der Waals surface area (Å²) in [6.07, 6.45) is -0.197. The minimum atomic E-state index is -4.19. The van der Waals surface area contributed by atoms with Gasteiger partial charge in [-0.1, -0.05) is 0 Å². The second-order valence-electron chi connectivity index (χ2n) is 6.01. The number of aliphatic hydroxyl groups excluding tert-OH is 1. The number of alkyl halides is 3. The molecule has 0 bridgehead atoms. The molecule has 22 heavy (non-hydrogen) atoms. The highest BCUT2D eigenvalue weighted by Gasteiger charge is 2.28. The van der Waals surface area contributed by atoms with Gasteiger partial charge in [0.1, 0.15) is 0 Å². The predicted octanol–water partition coefficient (Wildman–Crippen LogP) is 1.72. The molecular formula is C14H26F3N3O2. The number of hydrogen-bond acceptors (Lipinski definition) is 3. The molecule has 1 aliphatic rings. The van der Waals surface area contributed by atoms with E-state index in [0.29, 0.717) is 18.9 Å². The lowest BCUT2D eigenvalue weighted by Crippen LogP contribution is -2.44. The highest BCUT2D eigenvalue weighted by Crippen LogP contribution is 2.23. The summed E-state index contributed by atoms with van der Waals surface area (Å²) in [7, 11) is 1.41. The van der Waals surface area contributed by atoms with E-state index in [2.05, 4.69) is 10.6 Å². The van der Waals surface area contributed by atoms with Crippen LogP contribution in [0, 0.1) is 5.92 Å². The second kappa shape index (κ2) is 9.19. The molecule has 0 aromatic heterocycles. The van der Waals surface area contributed by atoms with Crippen molar-refractivity contribution in [2.75, 3.05) is 33.3 Å². The maximum absolute atomic E-state index is 12.1. The van der Waals surface area contributed by atoms with Crippen molar-refractivity contribution in [2.24, 2.45) is 5.92 Å². The Labute approximate surface area is 129 Å². The van der Waals surface area contributed by atoms with E-state index in [1.54, 1.807) is 0 Å². The molecule has 0 heterocycles. The lowest BCUT2D eigenvalue weighted by Gasteiger charge is -2.28. The highest BCUT2D eigenvalue weighted by atomic mass is 19.4. The molecule has 0 saturated heterocycles. The first-order valence-electron chi connectivity index (χ1n) is 7.70. The van der Waals surface area contributed by atoms with Crippen LogP contribution in [-0.4, -0.2) is 61.5 Å². The van der Waals surface area contributed by atoms with Crippen molar-refractivity contribution < 1.29 is 23.1 Å². The molecule has 5 nitrogen and oxygen atoms in total. The summed E-state index contributed by atoms with van der Waals surface area (Å²) in [4.78, 5) is 12.9. The molecule has 0 atom stereocenters. The van der Waals surface area contributed by atoms with Crippen LogP contribution in [0.4, 0.5) is 18.0 Å². The summed E-state index contributed by atoms with van der Waals surface area (Å²) in [5.41, 5.74) is 0. The van der Waals surface area contributed by atoms with Crippen LogP contribution in [0.1, 0.15) is 32.1 Å². The van der Waals surface area contributed by atoms with Gasteiger partial charge in [-0.15, -0.1) is 0 Å². The fourth-order valence-corrected chi connectivity index (χ4v) is 2.66. The van der Waals surface area contributed by atoms with Crippen molar-refractivity contribution >= 4 is 6.03 Å². The zero-order valence-corrected chi connectivity index (χ0v) is 13.0. The topological polar surface area (TPSA) is 64.6 Å². The van der Waals surface area contributed by atoms with Crippen molar-refractivity contribution in [3.05, 3.63) is 0 Å². The highest BCUT2D eigenvalue weighted by molar-refractivity contribution is 5.74. The maximum Gasteiger partial charge on any atom is 0.401 e. The van der Waals surface area contributed by atoms with E-state index in [0.717, 1.165) is 25.7 Å². The molecule has 0 aliphatic heterocycles. The smallest absolute Gasteiger partial charge is 0.396 e. The van der Waals surface area contributed by atoms with Crippen molar-refractivity contribution in [1.29, 1.82) is 0 Å². The van der Waals surface area contributed by atoms with Gasteiger partial charge < -0.3 is 15.7 Å². The minimum absolute atomic E-state index is 0.121. The first-order chi connectivity index (χ1) is 10.3. The fourth-order valence-electron chi connectivity index (χ4n) is 2.66. The summed E-state index contributed by atoms with van der Waals surface area (Å²) < 4.78 is 36.4. The van der Waals surface area contributed by atoms with E-state index >= 15 is 0 Å². The molecule has 130 valence electrons. The number of urea groups is 1. The zero-order valence-electron chi connectivity index (χ0n) is 13.0. The number of rotatable bonds is 7. The molecule has 1 aliphatic carbocycles. The number of nitrogens with one attached hydrogen (secondary N) is 2. The van der Waals surface area contributed by atoms with Crippen molar-refractivity contribution in [2.45, 2.75) is 44.3 Å². The van der Waals surface area contributed by atoms with Gasteiger partial charge in [-0.3, -0.25) is 4.90 Å². The summed E-state index contributed by atoms with van der Waals surface area (Å²) in [6, 6.07) is -0.151. The molecule has 2 amide bonds. The Kier molecular flexibility index (Phi) is 7.95. The number of nitrogens with zero attached hydrogens (tertiary/aromatic N) is 1. The Morgan fingerprint density at radius 2 is 1.91 bits per heavy atom. The zero-order chi connectivity index (χ0) is 16.6.